The molecular weight excluding hydrogens is 647 g/mol. The molecule has 0 saturated carbocycles. The van der Waals surface area contributed by atoms with Crippen molar-refractivity contribution in [2.24, 2.45) is 0 Å². The summed E-state index contributed by atoms with van der Waals surface area (Å²) in [7, 11) is 0. The molecule has 1 aromatic heterocycles. The molecule has 52 heavy (non-hydrogen) atoms. The van der Waals surface area contributed by atoms with Gasteiger partial charge in [-0.1, -0.05) is 152 Å². The van der Waals surface area contributed by atoms with Gasteiger partial charge in [-0.05, 0) is 97.9 Å². The van der Waals surface area contributed by atoms with Gasteiger partial charge in [0, 0.05) is 37.1 Å². The van der Waals surface area contributed by atoms with Crippen LogP contribution in [0, 0.1) is 0 Å². The van der Waals surface area contributed by atoms with Crippen LogP contribution in [-0.4, -0.2) is 0 Å². The Morgan fingerprint density at radius 1 is 0.327 bits per heavy atom. The van der Waals surface area contributed by atoms with E-state index in [0.717, 1.165) is 17.1 Å². The molecule has 0 bridgehead atoms. The minimum Gasteiger partial charge on any atom is -0.310 e. The maximum atomic E-state index is 2.40. The molecule has 0 aliphatic rings. The van der Waals surface area contributed by atoms with E-state index in [2.05, 4.69) is 205 Å². The van der Waals surface area contributed by atoms with Gasteiger partial charge in [0.1, 0.15) is 0 Å². The second kappa shape index (κ2) is 12.7. The van der Waals surface area contributed by atoms with Crippen molar-refractivity contribution >= 4 is 70.1 Å². The van der Waals surface area contributed by atoms with Crippen LogP contribution in [0.5, 0.6) is 0 Å². The molecule has 1 nitrogen and oxygen atoms in total. The second-order valence-corrected chi connectivity index (χ2v) is 14.3. The quantitative estimate of drug-likeness (QED) is 0.158. The predicted octanol–water partition coefficient (Wildman–Crippen LogP) is 14.8. The van der Waals surface area contributed by atoms with Crippen molar-refractivity contribution in [2.45, 2.75) is 0 Å². The summed E-state index contributed by atoms with van der Waals surface area (Å²) >= 11 is 1.88. The van der Waals surface area contributed by atoms with Crippen LogP contribution in [0.25, 0.3) is 75.1 Å². The third-order valence-corrected chi connectivity index (χ3v) is 11.5. The third kappa shape index (κ3) is 5.16. The lowest BCUT2D eigenvalue weighted by atomic mass is 9.91. The molecule has 0 atom stereocenters. The van der Waals surface area contributed by atoms with Gasteiger partial charge < -0.3 is 4.90 Å². The Morgan fingerprint density at radius 2 is 0.923 bits per heavy atom. The van der Waals surface area contributed by atoms with Crippen LogP contribution in [0.3, 0.4) is 0 Å². The summed E-state index contributed by atoms with van der Waals surface area (Å²) in [4.78, 5) is 2.40. The highest BCUT2D eigenvalue weighted by molar-refractivity contribution is 7.26. The molecule has 9 aromatic carbocycles. The fourth-order valence-corrected chi connectivity index (χ4v) is 9.05. The van der Waals surface area contributed by atoms with E-state index in [0.29, 0.717) is 0 Å². The van der Waals surface area contributed by atoms with Crippen molar-refractivity contribution in [1.82, 2.24) is 0 Å². The lowest BCUT2D eigenvalue weighted by Crippen LogP contribution is -2.11. The Morgan fingerprint density at radius 3 is 1.73 bits per heavy atom. The molecule has 0 saturated heterocycles. The number of para-hydroxylation sites is 1. The van der Waals surface area contributed by atoms with Crippen molar-refractivity contribution in [3.05, 3.63) is 200 Å². The first kappa shape index (κ1) is 30.4. The molecule has 2 heteroatoms. The monoisotopic (exact) mass is 679 g/mol. The van der Waals surface area contributed by atoms with E-state index in [4.69, 9.17) is 0 Å². The zero-order valence-corrected chi connectivity index (χ0v) is 29.2. The maximum absolute atomic E-state index is 2.40. The van der Waals surface area contributed by atoms with Crippen LogP contribution in [-0.2, 0) is 0 Å². The van der Waals surface area contributed by atoms with Crippen molar-refractivity contribution in [1.29, 1.82) is 0 Å². The minimum atomic E-state index is 1.11. The summed E-state index contributed by atoms with van der Waals surface area (Å²) in [5, 5.41) is 7.71. The summed E-state index contributed by atoms with van der Waals surface area (Å²) in [6.45, 7) is 0. The highest BCUT2D eigenvalue weighted by Gasteiger charge is 2.20. The average Bonchev–Trinajstić information content (AvgIpc) is 3.61. The predicted molar refractivity (Wildman–Crippen MR) is 225 cm³/mol. The van der Waals surface area contributed by atoms with Crippen LogP contribution in [0.1, 0.15) is 0 Å². The van der Waals surface area contributed by atoms with E-state index < -0.39 is 0 Å². The Kier molecular flexibility index (Phi) is 7.41. The average molecular weight is 680 g/mol. The SMILES string of the molecule is c1ccc(-c2cc(-c3cc4ccccc4c4ccccc34)ccc2N(c2ccccc2)c2ccc(-c3cccc4c3sc3ccccc34)cc2)cc1. The van der Waals surface area contributed by atoms with E-state index in [9.17, 15) is 0 Å². The number of thiophene rings is 1. The fourth-order valence-electron chi connectivity index (χ4n) is 7.81. The van der Waals surface area contributed by atoms with Gasteiger partial charge in [0.2, 0.25) is 0 Å². The number of nitrogens with zero attached hydrogens (tertiary/aromatic N) is 1. The number of rotatable bonds is 6. The zero-order chi connectivity index (χ0) is 34.4. The summed E-state index contributed by atoms with van der Waals surface area (Å²) in [5.74, 6) is 0. The highest BCUT2D eigenvalue weighted by atomic mass is 32.1. The highest BCUT2D eigenvalue weighted by Crippen LogP contribution is 2.45. The largest absolute Gasteiger partial charge is 0.310 e. The number of hydrogen-bond donors (Lipinski definition) is 0. The molecule has 0 N–H and O–H groups in total. The van der Waals surface area contributed by atoms with Crippen LogP contribution < -0.4 is 4.90 Å². The van der Waals surface area contributed by atoms with E-state index in [1.54, 1.807) is 0 Å². The van der Waals surface area contributed by atoms with Crippen LogP contribution >= 0.6 is 11.3 Å². The van der Waals surface area contributed by atoms with Crippen LogP contribution in [0.2, 0.25) is 0 Å². The molecule has 10 aromatic rings. The van der Waals surface area contributed by atoms with Gasteiger partial charge in [-0.2, -0.15) is 0 Å². The maximum Gasteiger partial charge on any atom is 0.0540 e. The molecular formula is C50H33NS. The molecule has 1 heterocycles. The van der Waals surface area contributed by atoms with Gasteiger partial charge in [-0.25, -0.2) is 0 Å². The van der Waals surface area contributed by atoms with Crippen molar-refractivity contribution in [3.8, 4) is 33.4 Å². The Bertz CT molecular complexity index is 2890. The summed E-state index contributed by atoms with van der Waals surface area (Å²) in [6.07, 6.45) is 0. The molecule has 0 unspecified atom stereocenters. The Labute approximate surface area is 307 Å². The van der Waals surface area contributed by atoms with Crippen LogP contribution in [0.4, 0.5) is 17.1 Å². The Hall–Kier alpha value is -6.48. The number of anilines is 3. The molecule has 0 spiro atoms. The van der Waals surface area contributed by atoms with Gasteiger partial charge in [-0.15, -0.1) is 11.3 Å². The normalized spacial score (nSPS) is 11.5. The minimum absolute atomic E-state index is 1.11. The topological polar surface area (TPSA) is 3.24 Å². The van der Waals surface area contributed by atoms with Gasteiger partial charge in [0.05, 0.1) is 5.69 Å². The fraction of sp³-hybridized carbons (Fsp3) is 0. The molecule has 244 valence electrons. The standard InChI is InChI=1S/C50H33NS/c1-3-14-34(15-4-1)47-33-37(46-32-36-16-7-8-19-40(36)42-20-9-10-21-43(42)46)28-31-48(47)51(38-17-5-2-6-18-38)39-29-26-35(27-30-39)41-23-13-24-45-44-22-11-12-25-49(44)52-50(41)45/h1-33H. The number of benzene rings is 9. The van der Waals surface area contributed by atoms with E-state index >= 15 is 0 Å². The number of hydrogen-bond acceptors (Lipinski definition) is 2. The van der Waals surface area contributed by atoms with E-state index in [-0.39, 0.29) is 0 Å². The lowest BCUT2D eigenvalue weighted by Gasteiger charge is -2.28. The van der Waals surface area contributed by atoms with Gasteiger partial charge >= 0.3 is 0 Å². The zero-order valence-electron chi connectivity index (χ0n) is 28.4. The third-order valence-electron chi connectivity index (χ3n) is 10.3. The number of fused-ring (bicyclic) bond motifs is 6. The molecule has 0 fully saturated rings. The molecule has 0 aliphatic carbocycles. The first-order valence-corrected chi connectivity index (χ1v) is 18.6. The lowest BCUT2D eigenvalue weighted by molar-refractivity contribution is 1.28. The van der Waals surface area contributed by atoms with Crippen molar-refractivity contribution in [3.63, 3.8) is 0 Å². The molecule has 0 aliphatic heterocycles. The smallest absolute Gasteiger partial charge is 0.0540 e. The van der Waals surface area contributed by atoms with Crippen molar-refractivity contribution < 1.29 is 0 Å². The first-order chi connectivity index (χ1) is 25.8. The van der Waals surface area contributed by atoms with Crippen LogP contribution in [0.15, 0.2) is 200 Å². The van der Waals surface area contributed by atoms with E-state index in [1.165, 1.54) is 75.1 Å². The van der Waals surface area contributed by atoms with E-state index in [1.807, 2.05) is 11.3 Å². The molecule has 0 radical (unpaired) electrons. The molecule has 10 rings (SSSR count). The first-order valence-electron chi connectivity index (χ1n) is 17.8. The van der Waals surface area contributed by atoms with Gasteiger partial charge in [0.15, 0.2) is 0 Å². The van der Waals surface area contributed by atoms with Gasteiger partial charge in [-0.3, -0.25) is 0 Å². The summed E-state index contributed by atoms with van der Waals surface area (Å²) in [5.41, 5.74) is 10.6. The Balaban J connectivity index is 1.15. The molecule has 0 amide bonds. The summed E-state index contributed by atoms with van der Waals surface area (Å²) < 4.78 is 2.66. The summed E-state index contributed by atoms with van der Waals surface area (Å²) in [6, 6.07) is 72.9. The second-order valence-electron chi connectivity index (χ2n) is 13.3. The van der Waals surface area contributed by atoms with Gasteiger partial charge in [0.25, 0.3) is 0 Å². The van der Waals surface area contributed by atoms with Crippen molar-refractivity contribution in [2.75, 3.05) is 4.90 Å².